The Morgan fingerprint density at radius 1 is 1.53 bits per heavy atom. The van der Waals surface area contributed by atoms with Crippen LogP contribution in [0.4, 0.5) is 5.82 Å². The largest absolute Gasteiger partial charge is 0.382 e. The number of aromatic amines is 1. The third-order valence-corrected chi connectivity index (χ3v) is 3.23. The van der Waals surface area contributed by atoms with Crippen molar-refractivity contribution in [2.24, 2.45) is 0 Å². The molecule has 1 heterocycles. The summed E-state index contributed by atoms with van der Waals surface area (Å²) in [4.78, 5) is 14.2. The number of anilines is 1. The van der Waals surface area contributed by atoms with E-state index in [1.54, 1.807) is 0 Å². The van der Waals surface area contributed by atoms with Crippen molar-refractivity contribution in [1.82, 2.24) is 20.4 Å². The molecule has 1 unspecified atom stereocenters. The number of nitrogen functional groups attached to an aromatic ring is 1. The smallest absolute Gasteiger partial charge is 0.269 e. The van der Waals surface area contributed by atoms with Gasteiger partial charge in [-0.25, -0.2) is 0 Å². The zero-order valence-corrected chi connectivity index (χ0v) is 12.1. The Bertz CT molecular complexity index is 386. The molecular weight excluding hydrogens is 242 g/mol. The van der Waals surface area contributed by atoms with Gasteiger partial charge >= 0.3 is 0 Å². The molecule has 108 valence electrons. The second-order valence-electron chi connectivity index (χ2n) is 4.75. The Hall–Kier alpha value is -1.56. The quantitative estimate of drug-likeness (QED) is 0.661. The highest BCUT2D eigenvalue weighted by atomic mass is 16.2. The molecule has 0 saturated carbocycles. The van der Waals surface area contributed by atoms with Crippen molar-refractivity contribution in [3.8, 4) is 0 Å². The van der Waals surface area contributed by atoms with Crippen molar-refractivity contribution in [3.05, 3.63) is 11.8 Å². The molecule has 0 aliphatic carbocycles. The highest BCUT2D eigenvalue weighted by Gasteiger charge is 2.12. The van der Waals surface area contributed by atoms with E-state index in [1.807, 2.05) is 6.92 Å². The second-order valence-corrected chi connectivity index (χ2v) is 4.75. The van der Waals surface area contributed by atoms with Crippen molar-refractivity contribution in [2.45, 2.75) is 39.7 Å². The van der Waals surface area contributed by atoms with E-state index in [-0.39, 0.29) is 11.9 Å². The molecule has 0 aromatic carbocycles. The van der Waals surface area contributed by atoms with E-state index in [1.165, 1.54) is 6.07 Å². The standard InChI is InChI=1S/C13H25N5O/c1-4-18(5-2)8-6-7-10(3)15-13(19)11-9-12(14)17-16-11/h9-10H,4-8H2,1-3H3,(H,15,19)(H3,14,16,17). The lowest BCUT2D eigenvalue weighted by atomic mass is 10.1. The van der Waals surface area contributed by atoms with E-state index in [9.17, 15) is 4.79 Å². The molecule has 1 aromatic rings. The minimum absolute atomic E-state index is 0.146. The monoisotopic (exact) mass is 267 g/mol. The normalized spacial score (nSPS) is 12.6. The molecule has 6 heteroatoms. The van der Waals surface area contributed by atoms with Crippen LogP contribution in [0, 0.1) is 0 Å². The van der Waals surface area contributed by atoms with Crippen LogP contribution in [-0.4, -0.2) is 46.7 Å². The van der Waals surface area contributed by atoms with Gasteiger partial charge in [0, 0.05) is 12.1 Å². The van der Waals surface area contributed by atoms with Gasteiger partial charge in [0.2, 0.25) is 0 Å². The Balaban J connectivity index is 2.27. The van der Waals surface area contributed by atoms with Gasteiger partial charge in [-0.2, -0.15) is 5.10 Å². The third kappa shape index (κ3) is 5.30. The van der Waals surface area contributed by atoms with Gasteiger partial charge < -0.3 is 16.0 Å². The van der Waals surface area contributed by atoms with Crippen LogP contribution in [0.2, 0.25) is 0 Å². The summed E-state index contributed by atoms with van der Waals surface area (Å²) in [6.45, 7) is 9.56. The highest BCUT2D eigenvalue weighted by Crippen LogP contribution is 2.03. The first-order valence-electron chi connectivity index (χ1n) is 6.90. The van der Waals surface area contributed by atoms with E-state index < -0.39 is 0 Å². The molecule has 0 aliphatic heterocycles. The first kappa shape index (κ1) is 15.5. The number of nitrogens with one attached hydrogen (secondary N) is 2. The van der Waals surface area contributed by atoms with Crippen LogP contribution >= 0.6 is 0 Å². The van der Waals surface area contributed by atoms with Crippen LogP contribution < -0.4 is 11.1 Å². The van der Waals surface area contributed by atoms with Gasteiger partial charge in [0.05, 0.1) is 0 Å². The molecule has 19 heavy (non-hydrogen) atoms. The third-order valence-electron chi connectivity index (χ3n) is 3.23. The average Bonchev–Trinajstić information content (AvgIpc) is 2.81. The molecule has 0 aliphatic rings. The maximum absolute atomic E-state index is 11.8. The van der Waals surface area contributed by atoms with E-state index >= 15 is 0 Å². The van der Waals surface area contributed by atoms with Gasteiger partial charge in [-0.15, -0.1) is 0 Å². The topological polar surface area (TPSA) is 87.0 Å². The Kier molecular flexibility index (Phi) is 6.35. The number of nitrogens with zero attached hydrogens (tertiary/aromatic N) is 2. The highest BCUT2D eigenvalue weighted by molar-refractivity contribution is 5.93. The Morgan fingerprint density at radius 2 is 2.21 bits per heavy atom. The number of H-pyrrole nitrogens is 1. The fraction of sp³-hybridized carbons (Fsp3) is 0.692. The zero-order chi connectivity index (χ0) is 14.3. The van der Waals surface area contributed by atoms with Gasteiger partial charge in [-0.1, -0.05) is 13.8 Å². The lowest BCUT2D eigenvalue weighted by Gasteiger charge is -2.19. The van der Waals surface area contributed by atoms with Crippen LogP contribution in [0.15, 0.2) is 6.07 Å². The van der Waals surface area contributed by atoms with Gasteiger partial charge in [0.1, 0.15) is 11.5 Å². The van der Waals surface area contributed by atoms with Crippen molar-refractivity contribution >= 4 is 11.7 Å². The predicted molar refractivity (Wildman–Crippen MR) is 77.0 cm³/mol. The second kappa shape index (κ2) is 7.78. The number of carbonyl (C=O) groups excluding carboxylic acids is 1. The molecule has 0 fully saturated rings. The van der Waals surface area contributed by atoms with Crippen molar-refractivity contribution in [3.63, 3.8) is 0 Å². The van der Waals surface area contributed by atoms with Crippen molar-refractivity contribution in [2.75, 3.05) is 25.4 Å². The summed E-state index contributed by atoms with van der Waals surface area (Å²) in [5.41, 5.74) is 5.87. The SMILES string of the molecule is CCN(CC)CCCC(C)NC(=O)c1cc(N)n[nH]1. The van der Waals surface area contributed by atoms with Crippen LogP contribution in [0.1, 0.15) is 44.1 Å². The van der Waals surface area contributed by atoms with E-state index in [0.717, 1.165) is 32.5 Å². The number of aromatic nitrogens is 2. The van der Waals surface area contributed by atoms with Crippen molar-refractivity contribution < 1.29 is 4.79 Å². The molecule has 1 amide bonds. The van der Waals surface area contributed by atoms with E-state index in [2.05, 4.69) is 34.3 Å². The maximum atomic E-state index is 11.8. The number of amides is 1. The first-order valence-corrected chi connectivity index (χ1v) is 6.90. The summed E-state index contributed by atoms with van der Waals surface area (Å²) in [6.07, 6.45) is 2.04. The van der Waals surface area contributed by atoms with Gasteiger partial charge in [0.25, 0.3) is 5.91 Å². The lowest BCUT2D eigenvalue weighted by Crippen LogP contribution is -2.33. The molecule has 1 aromatic heterocycles. The van der Waals surface area contributed by atoms with Crippen molar-refractivity contribution in [1.29, 1.82) is 0 Å². The average molecular weight is 267 g/mol. The number of hydrogen-bond acceptors (Lipinski definition) is 4. The Morgan fingerprint density at radius 3 is 2.74 bits per heavy atom. The van der Waals surface area contributed by atoms with Crippen LogP contribution in [-0.2, 0) is 0 Å². The zero-order valence-electron chi connectivity index (χ0n) is 12.1. The minimum Gasteiger partial charge on any atom is -0.382 e. The molecule has 0 bridgehead atoms. The van der Waals surface area contributed by atoms with Gasteiger partial charge in [-0.05, 0) is 39.4 Å². The van der Waals surface area contributed by atoms with E-state index in [0.29, 0.717) is 11.5 Å². The first-order chi connectivity index (χ1) is 9.06. The number of hydrogen-bond donors (Lipinski definition) is 3. The summed E-state index contributed by atoms with van der Waals surface area (Å²) >= 11 is 0. The lowest BCUT2D eigenvalue weighted by molar-refractivity contribution is 0.0932. The van der Waals surface area contributed by atoms with Gasteiger partial charge in [0.15, 0.2) is 0 Å². The van der Waals surface area contributed by atoms with Crippen LogP contribution in [0.25, 0.3) is 0 Å². The number of rotatable bonds is 8. The predicted octanol–water partition coefficient (Wildman–Crippen LogP) is 1.23. The fourth-order valence-corrected chi connectivity index (χ4v) is 1.99. The van der Waals surface area contributed by atoms with Crippen LogP contribution in [0.3, 0.4) is 0 Å². The molecule has 6 nitrogen and oxygen atoms in total. The molecule has 4 N–H and O–H groups in total. The summed E-state index contributed by atoms with van der Waals surface area (Å²) in [7, 11) is 0. The van der Waals surface area contributed by atoms with E-state index in [4.69, 9.17) is 5.73 Å². The Labute approximate surface area is 114 Å². The van der Waals surface area contributed by atoms with Crippen LogP contribution in [0.5, 0.6) is 0 Å². The molecule has 0 radical (unpaired) electrons. The van der Waals surface area contributed by atoms with Gasteiger partial charge in [-0.3, -0.25) is 9.89 Å². The molecular formula is C13H25N5O. The molecule has 0 saturated heterocycles. The summed E-state index contributed by atoms with van der Waals surface area (Å²) in [5.74, 6) is 0.180. The number of carbonyl (C=O) groups is 1. The molecule has 1 rings (SSSR count). The maximum Gasteiger partial charge on any atom is 0.269 e. The summed E-state index contributed by atoms with van der Waals surface area (Å²) in [6, 6.07) is 1.69. The molecule has 1 atom stereocenters. The summed E-state index contributed by atoms with van der Waals surface area (Å²) < 4.78 is 0. The fourth-order valence-electron chi connectivity index (χ4n) is 1.99. The summed E-state index contributed by atoms with van der Waals surface area (Å²) in [5, 5.41) is 9.28. The number of nitrogens with two attached hydrogens (primary N) is 1. The molecule has 0 spiro atoms. The minimum atomic E-state index is -0.153.